The van der Waals surface area contributed by atoms with Crippen LogP contribution in [-0.2, 0) is 6.42 Å². The lowest BCUT2D eigenvalue weighted by Gasteiger charge is -1.99. The predicted octanol–water partition coefficient (Wildman–Crippen LogP) is 2.33. The summed E-state index contributed by atoms with van der Waals surface area (Å²) < 4.78 is 1.81. The van der Waals surface area contributed by atoms with E-state index in [0.29, 0.717) is 12.2 Å². The highest BCUT2D eigenvalue weighted by Crippen LogP contribution is 2.18. The molecule has 0 saturated carbocycles. The van der Waals surface area contributed by atoms with E-state index in [9.17, 15) is 5.11 Å². The van der Waals surface area contributed by atoms with Gasteiger partial charge in [-0.3, -0.25) is 0 Å². The molecule has 0 unspecified atom stereocenters. The minimum Gasteiger partial charge on any atom is -0.508 e. The Labute approximate surface area is 105 Å². The first-order valence-corrected chi connectivity index (χ1v) is 5.82. The smallest absolute Gasteiger partial charge is 0.156 e. The van der Waals surface area contributed by atoms with E-state index < -0.39 is 0 Å². The minimum atomic E-state index is 0.285. The van der Waals surface area contributed by atoms with E-state index in [1.165, 1.54) is 0 Å². The number of aromatic nitrogens is 3. The van der Waals surface area contributed by atoms with Crippen molar-refractivity contribution in [2.45, 2.75) is 13.3 Å². The van der Waals surface area contributed by atoms with Crippen LogP contribution in [0.4, 0.5) is 0 Å². The summed E-state index contributed by atoms with van der Waals surface area (Å²) in [5.74, 6) is 0.999. The van der Waals surface area contributed by atoms with E-state index in [1.54, 1.807) is 12.1 Å². The Kier molecular flexibility index (Phi) is 2.48. The Morgan fingerprint density at radius 3 is 2.72 bits per heavy atom. The summed E-state index contributed by atoms with van der Waals surface area (Å²) in [6.45, 7) is 1.99. The van der Waals surface area contributed by atoms with Crippen molar-refractivity contribution >= 4 is 5.65 Å². The number of phenols is 1. The largest absolute Gasteiger partial charge is 0.508 e. The second-order valence-corrected chi connectivity index (χ2v) is 4.27. The lowest BCUT2D eigenvalue weighted by Crippen LogP contribution is -1.94. The second kappa shape index (κ2) is 4.14. The maximum atomic E-state index is 9.74. The lowest BCUT2D eigenvalue weighted by atomic mass is 10.1. The van der Waals surface area contributed by atoms with Gasteiger partial charge in [0, 0.05) is 17.7 Å². The third kappa shape index (κ3) is 1.82. The molecule has 0 aliphatic carbocycles. The fourth-order valence-corrected chi connectivity index (χ4v) is 1.99. The van der Waals surface area contributed by atoms with Gasteiger partial charge in [0.2, 0.25) is 0 Å². The molecule has 0 bridgehead atoms. The number of para-hydroxylation sites is 1. The molecule has 0 saturated heterocycles. The Morgan fingerprint density at radius 2 is 1.94 bits per heavy atom. The highest BCUT2D eigenvalue weighted by molar-refractivity contribution is 5.40. The van der Waals surface area contributed by atoms with Gasteiger partial charge in [0.25, 0.3) is 0 Å². The van der Waals surface area contributed by atoms with Crippen molar-refractivity contribution in [3.05, 3.63) is 59.5 Å². The van der Waals surface area contributed by atoms with Crippen LogP contribution in [0.5, 0.6) is 5.75 Å². The predicted molar refractivity (Wildman–Crippen MR) is 68.6 cm³/mol. The average Bonchev–Trinajstić information content (AvgIpc) is 2.76. The number of aromatic hydroxyl groups is 1. The monoisotopic (exact) mass is 239 g/mol. The minimum absolute atomic E-state index is 0.285. The van der Waals surface area contributed by atoms with Crippen molar-refractivity contribution in [1.82, 2.24) is 14.6 Å². The summed E-state index contributed by atoms with van der Waals surface area (Å²) in [5.41, 5.74) is 2.72. The van der Waals surface area contributed by atoms with Crippen molar-refractivity contribution in [3.63, 3.8) is 0 Å². The Bertz CT molecular complexity index is 703. The first-order valence-electron chi connectivity index (χ1n) is 5.82. The summed E-state index contributed by atoms with van der Waals surface area (Å²) in [6, 6.07) is 13.1. The number of phenolic OH excluding ortho intramolecular Hbond substituents is 1. The summed E-state index contributed by atoms with van der Waals surface area (Å²) >= 11 is 0. The maximum Gasteiger partial charge on any atom is 0.156 e. The highest BCUT2D eigenvalue weighted by atomic mass is 16.3. The van der Waals surface area contributed by atoms with Crippen LogP contribution in [0.15, 0.2) is 42.5 Å². The molecule has 2 aromatic heterocycles. The van der Waals surface area contributed by atoms with Crippen LogP contribution < -0.4 is 0 Å². The standard InChI is InChI=1S/C14H13N3O/c1-10-5-4-8-14-15-13(16-17(10)14)9-11-6-2-3-7-12(11)18/h2-8,18H,9H2,1H3. The molecule has 0 radical (unpaired) electrons. The number of hydrogen-bond acceptors (Lipinski definition) is 3. The van der Waals surface area contributed by atoms with Crippen LogP contribution in [0.25, 0.3) is 5.65 Å². The van der Waals surface area contributed by atoms with Crippen molar-refractivity contribution in [2.24, 2.45) is 0 Å². The van der Waals surface area contributed by atoms with Crippen LogP contribution in [0, 0.1) is 6.92 Å². The lowest BCUT2D eigenvalue weighted by molar-refractivity contribution is 0.469. The molecule has 0 fully saturated rings. The Hall–Kier alpha value is -2.36. The van der Waals surface area contributed by atoms with Crippen LogP contribution in [0.3, 0.4) is 0 Å². The summed E-state index contributed by atoms with van der Waals surface area (Å²) in [6.07, 6.45) is 0.536. The van der Waals surface area contributed by atoms with E-state index in [-0.39, 0.29) is 5.75 Å². The second-order valence-electron chi connectivity index (χ2n) is 4.27. The van der Waals surface area contributed by atoms with Gasteiger partial charge in [-0.05, 0) is 25.1 Å². The number of rotatable bonds is 2. The molecule has 18 heavy (non-hydrogen) atoms. The fourth-order valence-electron chi connectivity index (χ4n) is 1.99. The quantitative estimate of drug-likeness (QED) is 0.746. The first-order chi connectivity index (χ1) is 8.74. The average molecular weight is 239 g/mol. The number of nitrogens with zero attached hydrogens (tertiary/aromatic N) is 3. The van der Waals surface area contributed by atoms with Crippen LogP contribution in [0.1, 0.15) is 17.1 Å². The molecule has 4 nitrogen and oxygen atoms in total. The van der Waals surface area contributed by atoms with Crippen LogP contribution >= 0.6 is 0 Å². The molecule has 90 valence electrons. The summed E-state index contributed by atoms with van der Waals surface area (Å²) in [5, 5.41) is 14.2. The molecule has 0 atom stereocenters. The van der Waals surface area contributed by atoms with Gasteiger partial charge < -0.3 is 5.11 Å². The van der Waals surface area contributed by atoms with Crippen molar-refractivity contribution < 1.29 is 5.11 Å². The molecule has 0 amide bonds. The van der Waals surface area contributed by atoms with E-state index in [2.05, 4.69) is 10.1 Å². The summed E-state index contributed by atoms with van der Waals surface area (Å²) in [4.78, 5) is 4.45. The molecule has 4 heteroatoms. The third-order valence-corrected chi connectivity index (χ3v) is 2.93. The van der Waals surface area contributed by atoms with Crippen LogP contribution in [-0.4, -0.2) is 19.7 Å². The third-order valence-electron chi connectivity index (χ3n) is 2.93. The van der Waals surface area contributed by atoms with E-state index in [4.69, 9.17) is 0 Å². The number of hydrogen-bond donors (Lipinski definition) is 1. The van der Waals surface area contributed by atoms with Gasteiger partial charge in [-0.2, -0.15) is 5.10 Å². The van der Waals surface area contributed by atoms with Crippen molar-refractivity contribution in [3.8, 4) is 5.75 Å². The molecule has 1 N–H and O–H groups in total. The van der Waals surface area contributed by atoms with Crippen molar-refractivity contribution in [1.29, 1.82) is 0 Å². The SMILES string of the molecule is Cc1cccc2nc(Cc3ccccc3O)nn12. The molecule has 0 aliphatic heterocycles. The molecule has 0 aliphatic rings. The zero-order valence-corrected chi connectivity index (χ0v) is 10.0. The van der Waals surface area contributed by atoms with E-state index >= 15 is 0 Å². The first kappa shape index (κ1) is 10.8. The zero-order chi connectivity index (χ0) is 12.5. The molecular formula is C14H13N3O. The normalized spacial score (nSPS) is 10.9. The molecule has 1 aromatic carbocycles. The zero-order valence-electron chi connectivity index (χ0n) is 10.0. The maximum absolute atomic E-state index is 9.74. The fraction of sp³-hybridized carbons (Fsp3) is 0.143. The van der Waals surface area contributed by atoms with Gasteiger partial charge >= 0.3 is 0 Å². The Balaban J connectivity index is 2.01. The molecule has 0 spiro atoms. The highest BCUT2D eigenvalue weighted by Gasteiger charge is 2.08. The van der Waals surface area contributed by atoms with Gasteiger partial charge in [0.1, 0.15) is 5.75 Å². The van der Waals surface area contributed by atoms with Gasteiger partial charge in [-0.1, -0.05) is 24.3 Å². The van der Waals surface area contributed by atoms with E-state index in [1.807, 2.05) is 41.8 Å². The Morgan fingerprint density at radius 1 is 1.11 bits per heavy atom. The number of benzene rings is 1. The van der Waals surface area contributed by atoms with Gasteiger partial charge in [-0.25, -0.2) is 9.50 Å². The molecule has 2 heterocycles. The topological polar surface area (TPSA) is 50.4 Å². The summed E-state index contributed by atoms with van der Waals surface area (Å²) in [7, 11) is 0. The number of fused-ring (bicyclic) bond motifs is 1. The molecular weight excluding hydrogens is 226 g/mol. The van der Waals surface area contributed by atoms with Crippen molar-refractivity contribution in [2.75, 3.05) is 0 Å². The van der Waals surface area contributed by atoms with Crippen LogP contribution in [0.2, 0.25) is 0 Å². The molecule has 3 rings (SSSR count). The molecule has 3 aromatic rings. The van der Waals surface area contributed by atoms with Gasteiger partial charge in [-0.15, -0.1) is 0 Å². The van der Waals surface area contributed by atoms with E-state index in [0.717, 1.165) is 16.9 Å². The van der Waals surface area contributed by atoms with Gasteiger partial charge in [0.05, 0.1) is 0 Å². The number of aryl methyl sites for hydroxylation is 1. The number of pyridine rings is 1. The van der Waals surface area contributed by atoms with Gasteiger partial charge in [0.15, 0.2) is 11.5 Å².